The topological polar surface area (TPSA) is 25.8 Å². The molecule has 148 valence electrons. The van der Waals surface area contributed by atoms with Crippen LogP contribution < -0.4 is 0 Å². The first-order chi connectivity index (χ1) is 14.7. The summed E-state index contributed by atoms with van der Waals surface area (Å²) < 4.78 is 26.6. The summed E-state index contributed by atoms with van der Waals surface area (Å²) in [6.07, 6.45) is 3.49. The Balaban J connectivity index is 0.00000106. The number of benzene rings is 3. The normalized spacial score (nSPS) is 10.7. The van der Waals surface area contributed by atoms with Gasteiger partial charge in [0.2, 0.25) is 0 Å². The quantitative estimate of drug-likeness (QED) is 0.206. The monoisotopic (exact) mass is 590 g/mol. The van der Waals surface area contributed by atoms with Crippen molar-refractivity contribution in [2.75, 3.05) is 0 Å². The van der Waals surface area contributed by atoms with Gasteiger partial charge in [-0.2, -0.15) is 0 Å². The molecule has 2 aromatic heterocycles. The van der Waals surface area contributed by atoms with E-state index < -0.39 is 0 Å². The molecule has 0 saturated heterocycles. The summed E-state index contributed by atoms with van der Waals surface area (Å²) in [4.78, 5) is 9.13. The summed E-state index contributed by atoms with van der Waals surface area (Å²) >= 11 is 1.19. The average Bonchev–Trinajstić information content (AvgIpc) is 2.80. The third-order valence-corrected chi connectivity index (χ3v) is 4.93. The molecule has 0 N–H and O–H groups in total. The molecule has 0 spiro atoms. The van der Waals surface area contributed by atoms with E-state index in [1.165, 1.54) is 42.4 Å². The number of nitrogens with zero attached hydrogens (tertiary/aromatic N) is 2. The molecule has 30 heavy (non-hydrogen) atoms. The van der Waals surface area contributed by atoms with E-state index in [1.54, 1.807) is 36.7 Å². The van der Waals surface area contributed by atoms with E-state index in [1.807, 2.05) is 24.3 Å². The minimum absolute atomic E-state index is 0.266. The third-order valence-electron chi connectivity index (χ3n) is 4.93. The Bertz CT molecular complexity index is 1220. The molecule has 0 aliphatic rings. The van der Waals surface area contributed by atoms with Crippen molar-refractivity contribution in [2.45, 2.75) is 0 Å². The standard InChI is InChI=1S/C24H14F2N2.ClH.Re/c25-17-5-1-15(2-6-17)19-11-13-27-23-21(19)9-10-22-20(12-14-28-24(22)23)16-3-7-18(26)8-4-16;;/h1-14H;1H;/q;;+1/p-1. The zero-order valence-electron chi connectivity index (χ0n) is 15.5. The van der Waals surface area contributed by atoms with Crippen molar-refractivity contribution in [3.05, 3.63) is 96.8 Å². The maximum absolute atomic E-state index is 13.3. The summed E-state index contributed by atoms with van der Waals surface area (Å²) in [5, 5.41) is 1.90. The molecule has 0 bridgehead atoms. The molecular formula is C24H14ClF2N2Re. The number of hydrogen-bond donors (Lipinski definition) is 0. The Labute approximate surface area is 186 Å². The Kier molecular flexibility index (Phi) is 6.15. The molecule has 0 aliphatic carbocycles. The second kappa shape index (κ2) is 8.97. The first kappa shape index (κ1) is 20.6. The van der Waals surface area contributed by atoms with Gasteiger partial charge in [-0.25, -0.2) is 8.78 Å². The van der Waals surface area contributed by atoms with Gasteiger partial charge in [0.15, 0.2) is 0 Å². The SMILES string of the molecule is Fc1ccc(-c2ccnc3c2ccc2c(-c4ccc(F)cc4)ccnc23)cc1.[Cl][Re]. The van der Waals surface area contributed by atoms with E-state index in [0.29, 0.717) is 0 Å². The van der Waals surface area contributed by atoms with E-state index in [2.05, 4.69) is 9.97 Å². The fourth-order valence-corrected chi connectivity index (χ4v) is 3.59. The molecule has 0 aliphatic heterocycles. The van der Waals surface area contributed by atoms with Gasteiger partial charge in [0.1, 0.15) is 11.6 Å². The van der Waals surface area contributed by atoms with Crippen LogP contribution in [0.4, 0.5) is 8.78 Å². The van der Waals surface area contributed by atoms with Gasteiger partial charge in [0, 0.05) is 23.2 Å². The van der Waals surface area contributed by atoms with E-state index in [9.17, 15) is 8.78 Å². The van der Waals surface area contributed by atoms with Gasteiger partial charge in [0.25, 0.3) is 0 Å². The predicted molar refractivity (Wildman–Crippen MR) is 114 cm³/mol. The Hall–Kier alpha value is -2.71. The van der Waals surface area contributed by atoms with Crippen molar-refractivity contribution >= 4 is 31.3 Å². The second-order valence-electron chi connectivity index (χ2n) is 6.59. The number of hydrogen-bond acceptors (Lipinski definition) is 2. The minimum atomic E-state index is -0.266. The summed E-state index contributed by atoms with van der Waals surface area (Å²) in [6.45, 7) is 0. The van der Waals surface area contributed by atoms with Crippen LogP contribution in [0.2, 0.25) is 0 Å². The van der Waals surface area contributed by atoms with E-state index in [4.69, 9.17) is 9.53 Å². The van der Waals surface area contributed by atoms with Crippen LogP contribution in [0, 0.1) is 11.6 Å². The zero-order chi connectivity index (χ0) is 21.1. The van der Waals surface area contributed by atoms with Gasteiger partial charge in [0.05, 0.1) is 11.0 Å². The number of fused-ring (bicyclic) bond motifs is 3. The Morgan fingerprint density at radius 3 is 1.27 bits per heavy atom. The van der Waals surface area contributed by atoms with Crippen molar-refractivity contribution in [1.29, 1.82) is 0 Å². The van der Waals surface area contributed by atoms with Crippen LogP contribution in [0.15, 0.2) is 85.2 Å². The van der Waals surface area contributed by atoms with Gasteiger partial charge in [-0.05, 0) is 58.7 Å². The molecule has 6 heteroatoms. The summed E-state index contributed by atoms with van der Waals surface area (Å²) in [6, 6.07) is 20.7. The van der Waals surface area contributed by atoms with Gasteiger partial charge in [-0.15, -0.1) is 0 Å². The average molecular weight is 590 g/mol. The van der Waals surface area contributed by atoms with Crippen molar-refractivity contribution in [3.63, 3.8) is 0 Å². The number of halogens is 3. The fourth-order valence-electron chi connectivity index (χ4n) is 3.59. The number of aromatic nitrogens is 2. The van der Waals surface area contributed by atoms with Crippen molar-refractivity contribution in [1.82, 2.24) is 9.97 Å². The molecule has 0 radical (unpaired) electrons. The molecule has 0 atom stereocenters. The van der Waals surface area contributed by atoms with Crippen molar-refractivity contribution in [3.8, 4) is 22.3 Å². The van der Waals surface area contributed by atoms with E-state index in [-0.39, 0.29) is 11.6 Å². The summed E-state index contributed by atoms with van der Waals surface area (Å²) in [5.41, 5.74) is 5.35. The van der Waals surface area contributed by atoms with E-state index >= 15 is 0 Å². The number of pyridine rings is 2. The molecule has 2 heterocycles. The van der Waals surface area contributed by atoms with E-state index in [0.717, 1.165) is 44.1 Å². The van der Waals surface area contributed by atoms with Crippen LogP contribution in [0.1, 0.15) is 0 Å². The molecule has 0 amide bonds. The van der Waals surface area contributed by atoms with Crippen molar-refractivity contribution < 1.29 is 27.0 Å². The zero-order valence-corrected chi connectivity index (χ0v) is 19.0. The molecule has 3 aromatic carbocycles. The second-order valence-corrected chi connectivity index (χ2v) is 6.59. The summed E-state index contributed by atoms with van der Waals surface area (Å²) in [7, 11) is 4.69. The van der Waals surface area contributed by atoms with Crippen LogP contribution in [-0.2, 0) is 18.2 Å². The van der Waals surface area contributed by atoms with Gasteiger partial charge in [-0.3, -0.25) is 9.97 Å². The fraction of sp³-hybridized carbons (Fsp3) is 0. The molecule has 2 nitrogen and oxygen atoms in total. The first-order valence-electron chi connectivity index (χ1n) is 9.03. The first-order valence-corrected chi connectivity index (χ1v) is 12.4. The van der Waals surface area contributed by atoms with Crippen LogP contribution in [0.25, 0.3) is 44.1 Å². The number of rotatable bonds is 2. The predicted octanol–water partition coefficient (Wildman–Crippen LogP) is 7.08. The molecule has 0 saturated carbocycles. The van der Waals surface area contributed by atoms with Gasteiger partial charge in [-0.1, -0.05) is 36.4 Å². The summed E-state index contributed by atoms with van der Waals surface area (Å²) in [5.74, 6) is -0.531. The Morgan fingerprint density at radius 2 is 0.900 bits per heavy atom. The third kappa shape index (κ3) is 3.85. The molecule has 0 unspecified atom stereocenters. The maximum atomic E-state index is 13.3. The Morgan fingerprint density at radius 1 is 0.533 bits per heavy atom. The van der Waals surface area contributed by atoms with Crippen LogP contribution in [0.3, 0.4) is 0 Å². The van der Waals surface area contributed by atoms with Gasteiger partial charge < -0.3 is 0 Å². The van der Waals surface area contributed by atoms with Gasteiger partial charge >= 0.3 is 27.7 Å². The van der Waals surface area contributed by atoms with Crippen LogP contribution >= 0.6 is 9.53 Å². The molecule has 5 rings (SSSR count). The van der Waals surface area contributed by atoms with Crippen LogP contribution in [0.5, 0.6) is 0 Å². The molecule has 5 aromatic rings. The molecule has 0 fully saturated rings. The van der Waals surface area contributed by atoms with Crippen LogP contribution in [-0.4, -0.2) is 9.97 Å². The molecular weight excluding hydrogens is 576 g/mol. The van der Waals surface area contributed by atoms with Crippen molar-refractivity contribution in [2.24, 2.45) is 0 Å².